The molecule has 0 saturated heterocycles. The molecule has 1 spiro atoms. The van der Waals surface area contributed by atoms with Crippen LogP contribution in [0.2, 0.25) is 0 Å². The fraction of sp³-hybridized carbons (Fsp3) is 0.174. The molecule has 2 aliphatic rings. The molecule has 2 N–H and O–H groups in total. The SMILES string of the molecule is Cc1ccc2c(c1)[C@]1(C(=O)N2C)C(C#N)=C(N)Oc2c1c(C)nn2-c1ccccc1. The molecule has 3 aromatic rings. The summed E-state index contributed by atoms with van der Waals surface area (Å²) >= 11 is 0. The van der Waals surface area contributed by atoms with Crippen LogP contribution in [0.3, 0.4) is 0 Å². The molecular formula is C23H19N5O2. The molecule has 1 atom stereocenters. The van der Waals surface area contributed by atoms with Crippen LogP contribution in [0.15, 0.2) is 60.0 Å². The molecule has 30 heavy (non-hydrogen) atoms. The number of aromatic nitrogens is 2. The third-order valence-corrected chi connectivity index (χ3v) is 5.88. The van der Waals surface area contributed by atoms with Crippen LogP contribution >= 0.6 is 0 Å². The van der Waals surface area contributed by atoms with E-state index >= 15 is 0 Å². The number of fused-ring (bicyclic) bond motifs is 4. The zero-order valence-corrected chi connectivity index (χ0v) is 16.8. The van der Waals surface area contributed by atoms with E-state index in [-0.39, 0.29) is 17.4 Å². The minimum absolute atomic E-state index is 0.0850. The van der Waals surface area contributed by atoms with Crippen molar-refractivity contribution in [3.05, 3.63) is 82.4 Å². The summed E-state index contributed by atoms with van der Waals surface area (Å²) < 4.78 is 7.56. The second kappa shape index (κ2) is 5.97. The van der Waals surface area contributed by atoms with Gasteiger partial charge in [-0.05, 0) is 32.0 Å². The number of nitrogens with zero attached hydrogens (tertiary/aromatic N) is 4. The number of hydrogen-bond acceptors (Lipinski definition) is 5. The molecule has 1 amide bonds. The molecular weight excluding hydrogens is 378 g/mol. The van der Waals surface area contributed by atoms with Crippen LogP contribution in [0.5, 0.6) is 5.88 Å². The summed E-state index contributed by atoms with van der Waals surface area (Å²) in [7, 11) is 1.71. The first kappa shape index (κ1) is 18.0. The molecule has 2 aliphatic heterocycles. The van der Waals surface area contributed by atoms with Gasteiger partial charge in [0.1, 0.15) is 17.1 Å². The van der Waals surface area contributed by atoms with Crippen LogP contribution < -0.4 is 15.4 Å². The summed E-state index contributed by atoms with van der Waals surface area (Å²) in [4.78, 5) is 15.4. The number of ether oxygens (including phenoxy) is 1. The van der Waals surface area contributed by atoms with Crippen LogP contribution in [-0.2, 0) is 10.2 Å². The molecule has 2 aromatic carbocycles. The Balaban J connectivity index is 1.93. The number of para-hydroxylation sites is 1. The highest BCUT2D eigenvalue weighted by Gasteiger charge is 2.60. The van der Waals surface area contributed by atoms with E-state index in [1.807, 2.05) is 62.4 Å². The normalized spacial score (nSPS) is 19.5. The van der Waals surface area contributed by atoms with Crippen LogP contribution in [0.25, 0.3) is 5.69 Å². The minimum atomic E-state index is -1.39. The topological polar surface area (TPSA) is 97.2 Å². The van der Waals surface area contributed by atoms with Gasteiger partial charge in [-0.15, -0.1) is 0 Å². The van der Waals surface area contributed by atoms with Crippen LogP contribution in [0, 0.1) is 25.2 Å². The smallest absolute Gasteiger partial charge is 0.247 e. The fourth-order valence-electron chi connectivity index (χ4n) is 4.58. The van der Waals surface area contributed by atoms with Crippen molar-refractivity contribution in [2.24, 2.45) is 5.73 Å². The molecule has 0 aliphatic carbocycles. The van der Waals surface area contributed by atoms with Crippen molar-refractivity contribution >= 4 is 11.6 Å². The lowest BCUT2D eigenvalue weighted by atomic mass is 9.69. The number of rotatable bonds is 1. The Morgan fingerprint density at radius 3 is 2.60 bits per heavy atom. The highest BCUT2D eigenvalue weighted by atomic mass is 16.5. The van der Waals surface area contributed by atoms with Gasteiger partial charge < -0.3 is 15.4 Å². The first-order valence-corrected chi connectivity index (χ1v) is 9.54. The zero-order chi connectivity index (χ0) is 21.2. The third-order valence-electron chi connectivity index (χ3n) is 5.88. The van der Waals surface area contributed by atoms with Gasteiger partial charge >= 0.3 is 0 Å². The Kier molecular flexibility index (Phi) is 3.59. The van der Waals surface area contributed by atoms with E-state index in [1.54, 1.807) is 16.6 Å². The van der Waals surface area contributed by atoms with Gasteiger partial charge in [-0.2, -0.15) is 10.4 Å². The Labute approximate surface area is 173 Å². The van der Waals surface area contributed by atoms with Gasteiger partial charge in [0.25, 0.3) is 0 Å². The van der Waals surface area contributed by atoms with Gasteiger partial charge in [0.2, 0.25) is 17.7 Å². The number of carbonyl (C=O) groups is 1. The number of benzene rings is 2. The second-order valence-corrected chi connectivity index (χ2v) is 7.60. The zero-order valence-electron chi connectivity index (χ0n) is 16.8. The van der Waals surface area contributed by atoms with Crippen molar-refractivity contribution < 1.29 is 9.53 Å². The largest absolute Gasteiger partial charge is 0.422 e. The number of carbonyl (C=O) groups excluding carboxylic acids is 1. The summed E-state index contributed by atoms with van der Waals surface area (Å²) in [5.41, 5.74) is 9.31. The number of hydrogen-bond donors (Lipinski definition) is 1. The maximum absolute atomic E-state index is 13.8. The molecule has 0 fully saturated rings. The van der Waals surface area contributed by atoms with Crippen molar-refractivity contribution in [1.82, 2.24) is 9.78 Å². The lowest BCUT2D eigenvalue weighted by Crippen LogP contribution is -2.45. The number of anilines is 1. The number of aryl methyl sites for hydroxylation is 2. The average Bonchev–Trinajstić information content (AvgIpc) is 3.17. The van der Waals surface area contributed by atoms with Gasteiger partial charge in [-0.25, -0.2) is 4.68 Å². The summed E-state index contributed by atoms with van der Waals surface area (Å²) in [6.45, 7) is 3.78. The van der Waals surface area contributed by atoms with Crippen LogP contribution in [0.1, 0.15) is 22.4 Å². The molecule has 0 radical (unpaired) electrons. The van der Waals surface area contributed by atoms with Crippen LogP contribution in [-0.4, -0.2) is 22.7 Å². The van der Waals surface area contributed by atoms with E-state index in [4.69, 9.17) is 10.5 Å². The summed E-state index contributed by atoms with van der Waals surface area (Å²) in [6, 6.07) is 17.4. The summed E-state index contributed by atoms with van der Waals surface area (Å²) in [5, 5.41) is 14.7. The lowest BCUT2D eigenvalue weighted by molar-refractivity contribution is -0.120. The monoisotopic (exact) mass is 397 g/mol. The molecule has 3 heterocycles. The number of amides is 1. The number of nitrogens with two attached hydrogens (primary N) is 1. The van der Waals surface area contributed by atoms with E-state index in [2.05, 4.69) is 11.2 Å². The van der Waals surface area contributed by atoms with E-state index in [0.717, 1.165) is 22.5 Å². The molecule has 7 heteroatoms. The fourth-order valence-corrected chi connectivity index (χ4v) is 4.58. The number of nitriles is 1. The molecule has 0 bridgehead atoms. The quantitative estimate of drug-likeness (QED) is 0.681. The Morgan fingerprint density at radius 1 is 1.17 bits per heavy atom. The molecule has 0 unspecified atom stereocenters. The maximum atomic E-state index is 13.8. The molecule has 0 saturated carbocycles. The van der Waals surface area contributed by atoms with E-state index < -0.39 is 5.41 Å². The van der Waals surface area contributed by atoms with E-state index in [9.17, 15) is 10.1 Å². The van der Waals surface area contributed by atoms with Crippen molar-refractivity contribution in [2.75, 3.05) is 11.9 Å². The predicted molar refractivity (Wildman–Crippen MR) is 111 cm³/mol. The Morgan fingerprint density at radius 2 is 1.90 bits per heavy atom. The first-order chi connectivity index (χ1) is 14.4. The van der Waals surface area contributed by atoms with Gasteiger partial charge in [0, 0.05) is 18.3 Å². The van der Waals surface area contributed by atoms with Gasteiger partial charge in [0.15, 0.2) is 0 Å². The number of likely N-dealkylation sites (N-methyl/N-ethyl adjacent to an activating group) is 1. The molecule has 5 rings (SSSR count). The lowest BCUT2D eigenvalue weighted by Gasteiger charge is -2.32. The maximum Gasteiger partial charge on any atom is 0.247 e. The summed E-state index contributed by atoms with van der Waals surface area (Å²) in [5.74, 6) is 0.0207. The Bertz CT molecular complexity index is 1300. The molecule has 7 nitrogen and oxygen atoms in total. The molecule has 1 aromatic heterocycles. The van der Waals surface area contributed by atoms with E-state index in [0.29, 0.717) is 17.1 Å². The third kappa shape index (κ3) is 2.02. The van der Waals surface area contributed by atoms with Crippen molar-refractivity contribution in [2.45, 2.75) is 19.3 Å². The minimum Gasteiger partial charge on any atom is -0.422 e. The predicted octanol–water partition coefficient (Wildman–Crippen LogP) is 2.84. The van der Waals surface area contributed by atoms with Gasteiger partial charge in [-0.1, -0.05) is 35.9 Å². The average molecular weight is 397 g/mol. The highest BCUT2D eigenvalue weighted by Crippen LogP contribution is 2.56. The van der Waals surface area contributed by atoms with Crippen LogP contribution in [0.4, 0.5) is 5.69 Å². The molecule has 148 valence electrons. The Hall–Kier alpha value is -4.05. The van der Waals surface area contributed by atoms with Gasteiger partial charge in [0.05, 0.1) is 16.9 Å². The van der Waals surface area contributed by atoms with Crippen molar-refractivity contribution in [3.63, 3.8) is 0 Å². The second-order valence-electron chi connectivity index (χ2n) is 7.60. The van der Waals surface area contributed by atoms with Crippen molar-refractivity contribution in [1.29, 1.82) is 5.26 Å². The highest BCUT2D eigenvalue weighted by molar-refractivity contribution is 6.14. The summed E-state index contributed by atoms with van der Waals surface area (Å²) in [6.07, 6.45) is 0. The van der Waals surface area contributed by atoms with E-state index in [1.165, 1.54) is 0 Å². The van der Waals surface area contributed by atoms with Crippen molar-refractivity contribution in [3.8, 4) is 17.6 Å². The standard InChI is InChI=1S/C23H19N5O2/c1-13-9-10-18-16(11-13)23(22(29)27(18)3)17(12-24)20(25)30-21-19(23)14(2)26-28(21)15-7-5-4-6-8-15/h4-11H,25H2,1-3H3/t23-/m0/s1. The first-order valence-electron chi connectivity index (χ1n) is 9.54. The van der Waals surface area contributed by atoms with Gasteiger partial charge in [-0.3, -0.25) is 4.79 Å².